The molecular weight excluding hydrogens is 298 g/mol. The summed E-state index contributed by atoms with van der Waals surface area (Å²) in [6, 6.07) is 9.58. The highest BCUT2D eigenvalue weighted by Crippen LogP contribution is 2.31. The van der Waals surface area contributed by atoms with Crippen LogP contribution >= 0.6 is 11.6 Å². The topological polar surface area (TPSA) is 56.0 Å². The fraction of sp³-hybridized carbons (Fsp3) is 0.125. The van der Waals surface area contributed by atoms with E-state index in [2.05, 4.69) is 20.2 Å². The Bertz CT molecular complexity index is 1000. The Morgan fingerprint density at radius 3 is 2.68 bits per heavy atom. The van der Waals surface area contributed by atoms with Crippen molar-refractivity contribution in [2.24, 2.45) is 0 Å². The number of halogens is 1. The Labute approximate surface area is 131 Å². The van der Waals surface area contributed by atoms with E-state index >= 15 is 0 Å². The van der Waals surface area contributed by atoms with Crippen molar-refractivity contribution in [3.8, 4) is 11.4 Å². The molecule has 3 aromatic heterocycles. The summed E-state index contributed by atoms with van der Waals surface area (Å²) in [6.07, 6.45) is 1.74. The van der Waals surface area contributed by atoms with E-state index in [0.29, 0.717) is 16.5 Å². The molecule has 0 atom stereocenters. The van der Waals surface area contributed by atoms with Gasteiger partial charge >= 0.3 is 0 Å². The normalized spacial score (nSPS) is 11.4. The van der Waals surface area contributed by atoms with Crippen LogP contribution in [-0.2, 0) is 0 Å². The Morgan fingerprint density at radius 2 is 1.86 bits per heavy atom. The standard InChI is InChI=1S/C16H12ClN5/c1-9-5-3-6-11(17)13(9)16-21-20-14-10(2)19-12-7-4-8-18-15(12)22(14)16/h3-8H,1-2H3. The zero-order valence-electron chi connectivity index (χ0n) is 12.1. The lowest BCUT2D eigenvalue weighted by Gasteiger charge is -2.08. The number of fused-ring (bicyclic) bond motifs is 3. The van der Waals surface area contributed by atoms with Crippen LogP contribution < -0.4 is 0 Å². The molecule has 4 rings (SSSR count). The van der Waals surface area contributed by atoms with Crippen molar-refractivity contribution in [2.45, 2.75) is 13.8 Å². The molecule has 0 N–H and O–H groups in total. The van der Waals surface area contributed by atoms with Gasteiger partial charge in [-0.3, -0.25) is 4.40 Å². The molecule has 1 aromatic carbocycles. The lowest BCUT2D eigenvalue weighted by molar-refractivity contribution is 1.11. The minimum atomic E-state index is 0.646. The largest absolute Gasteiger partial charge is 0.255 e. The Hall–Kier alpha value is -2.53. The van der Waals surface area contributed by atoms with E-state index in [9.17, 15) is 0 Å². The van der Waals surface area contributed by atoms with Gasteiger partial charge in [0.15, 0.2) is 17.1 Å². The fourth-order valence-corrected chi connectivity index (χ4v) is 2.98. The molecule has 0 aliphatic heterocycles. The first-order chi connectivity index (χ1) is 10.7. The van der Waals surface area contributed by atoms with Gasteiger partial charge in [0.1, 0.15) is 5.52 Å². The third kappa shape index (κ3) is 1.79. The summed E-state index contributed by atoms with van der Waals surface area (Å²) < 4.78 is 1.92. The lowest BCUT2D eigenvalue weighted by atomic mass is 10.1. The molecule has 0 bridgehead atoms. The second kappa shape index (κ2) is 4.74. The zero-order valence-corrected chi connectivity index (χ0v) is 12.8. The van der Waals surface area contributed by atoms with Gasteiger partial charge in [0, 0.05) is 11.8 Å². The van der Waals surface area contributed by atoms with E-state index in [0.717, 1.165) is 28.0 Å². The second-order valence-electron chi connectivity index (χ2n) is 5.16. The molecule has 0 saturated carbocycles. The smallest absolute Gasteiger partial charge is 0.184 e. The third-order valence-electron chi connectivity index (χ3n) is 3.70. The summed E-state index contributed by atoms with van der Waals surface area (Å²) in [5.74, 6) is 0.687. The van der Waals surface area contributed by atoms with Crippen molar-refractivity contribution in [3.63, 3.8) is 0 Å². The predicted molar refractivity (Wildman–Crippen MR) is 86.0 cm³/mol. The van der Waals surface area contributed by atoms with Crippen LogP contribution in [0.2, 0.25) is 5.02 Å². The van der Waals surface area contributed by atoms with E-state index in [1.807, 2.05) is 48.6 Å². The van der Waals surface area contributed by atoms with E-state index < -0.39 is 0 Å². The molecule has 0 fully saturated rings. The van der Waals surface area contributed by atoms with Gasteiger partial charge in [-0.2, -0.15) is 0 Å². The number of rotatable bonds is 1. The average molecular weight is 310 g/mol. The molecule has 0 spiro atoms. The molecule has 0 saturated heterocycles. The molecule has 5 nitrogen and oxygen atoms in total. The quantitative estimate of drug-likeness (QED) is 0.539. The second-order valence-corrected chi connectivity index (χ2v) is 5.56. The van der Waals surface area contributed by atoms with Crippen LogP contribution in [0.15, 0.2) is 36.5 Å². The van der Waals surface area contributed by atoms with Crippen LogP contribution in [0.25, 0.3) is 28.2 Å². The lowest BCUT2D eigenvalue weighted by Crippen LogP contribution is -2.00. The van der Waals surface area contributed by atoms with Gasteiger partial charge < -0.3 is 0 Å². The Kier molecular flexibility index (Phi) is 2.84. The van der Waals surface area contributed by atoms with Crippen LogP contribution in [-0.4, -0.2) is 24.6 Å². The summed E-state index contributed by atoms with van der Waals surface area (Å²) >= 11 is 6.40. The summed E-state index contributed by atoms with van der Waals surface area (Å²) in [5.41, 5.74) is 4.94. The number of pyridine rings is 1. The molecule has 22 heavy (non-hydrogen) atoms. The maximum Gasteiger partial charge on any atom is 0.184 e. The summed E-state index contributed by atoms with van der Waals surface area (Å²) in [5, 5.41) is 9.27. The predicted octanol–water partition coefficient (Wildman–Crippen LogP) is 3.61. The third-order valence-corrected chi connectivity index (χ3v) is 4.01. The first-order valence-electron chi connectivity index (χ1n) is 6.89. The van der Waals surface area contributed by atoms with Gasteiger partial charge in [0.25, 0.3) is 0 Å². The van der Waals surface area contributed by atoms with Crippen LogP contribution in [0.5, 0.6) is 0 Å². The summed E-state index contributed by atoms with van der Waals surface area (Å²) in [7, 11) is 0. The van der Waals surface area contributed by atoms with Gasteiger partial charge in [0.05, 0.1) is 10.7 Å². The van der Waals surface area contributed by atoms with E-state index in [1.165, 1.54) is 0 Å². The Balaban J connectivity index is 2.21. The number of aromatic nitrogens is 5. The molecule has 4 aromatic rings. The minimum Gasteiger partial charge on any atom is -0.255 e. The average Bonchev–Trinajstić information content (AvgIpc) is 2.93. The van der Waals surface area contributed by atoms with E-state index in [1.54, 1.807) is 6.20 Å². The first kappa shape index (κ1) is 13.2. The van der Waals surface area contributed by atoms with E-state index in [-0.39, 0.29) is 0 Å². The zero-order chi connectivity index (χ0) is 15.3. The molecule has 0 aliphatic carbocycles. The Morgan fingerprint density at radius 1 is 1.00 bits per heavy atom. The van der Waals surface area contributed by atoms with Crippen molar-refractivity contribution in [2.75, 3.05) is 0 Å². The van der Waals surface area contributed by atoms with Gasteiger partial charge in [-0.1, -0.05) is 23.7 Å². The monoisotopic (exact) mass is 309 g/mol. The van der Waals surface area contributed by atoms with Crippen LogP contribution in [0.3, 0.4) is 0 Å². The van der Waals surface area contributed by atoms with Crippen molar-refractivity contribution in [1.82, 2.24) is 24.6 Å². The number of hydrogen-bond acceptors (Lipinski definition) is 4. The molecule has 0 radical (unpaired) electrons. The van der Waals surface area contributed by atoms with Crippen molar-refractivity contribution in [1.29, 1.82) is 0 Å². The molecule has 108 valence electrons. The molecule has 3 heterocycles. The van der Waals surface area contributed by atoms with E-state index in [4.69, 9.17) is 11.6 Å². The minimum absolute atomic E-state index is 0.646. The van der Waals surface area contributed by atoms with Crippen LogP contribution in [0, 0.1) is 13.8 Å². The van der Waals surface area contributed by atoms with Crippen molar-refractivity contribution < 1.29 is 0 Å². The van der Waals surface area contributed by atoms with Crippen molar-refractivity contribution in [3.05, 3.63) is 52.8 Å². The van der Waals surface area contributed by atoms with Crippen LogP contribution in [0.4, 0.5) is 0 Å². The SMILES string of the molecule is Cc1cccc(Cl)c1-c1nnc2c(C)nc3cccnc3n12. The maximum absolute atomic E-state index is 6.40. The number of aryl methyl sites for hydroxylation is 2. The highest BCUT2D eigenvalue weighted by atomic mass is 35.5. The van der Waals surface area contributed by atoms with Gasteiger partial charge in [-0.15, -0.1) is 10.2 Å². The summed E-state index contributed by atoms with van der Waals surface area (Å²) in [4.78, 5) is 8.98. The molecule has 0 aliphatic rings. The molecule has 0 amide bonds. The molecule has 0 unspecified atom stereocenters. The van der Waals surface area contributed by atoms with Crippen molar-refractivity contribution >= 4 is 28.4 Å². The molecule has 6 heteroatoms. The van der Waals surface area contributed by atoms with Gasteiger partial charge in [0.2, 0.25) is 0 Å². The highest BCUT2D eigenvalue weighted by Gasteiger charge is 2.18. The first-order valence-corrected chi connectivity index (χ1v) is 7.26. The fourth-order valence-electron chi connectivity index (χ4n) is 2.67. The number of benzene rings is 1. The number of hydrogen-bond donors (Lipinski definition) is 0. The maximum atomic E-state index is 6.40. The van der Waals surface area contributed by atoms with Gasteiger partial charge in [-0.05, 0) is 37.6 Å². The number of nitrogens with zero attached hydrogens (tertiary/aromatic N) is 5. The highest BCUT2D eigenvalue weighted by molar-refractivity contribution is 6.33. The molecular formula is C16H12ClN5. The van der Waals surface area contributed by atoms with Gasteiger partial charge in [-0.25, -0.2) is 9.97 Å². The van der Waals surface area contributed by atoms with Crippen LogP contribution in [0.1, 0.15) is 11.3 Å². The summed E-state index contributed by atoms with van der Waals surface area (Å²) in [6.45, 7) is 3.92.